The van der Waals surface area contributed by atoms with Crippen LogP contribution in [-0.4, -0.2) is 30.7 Å². The van der Waals surface area contributed by atoms with E-state index in [1.165, 1.54) is 25.3 Å². The highest BCUT2D eigenvalue weighted by atomic mass is 35.5. The summed E-state index contributed by atoms with van der Waals surface area (Å²) in [6.07, 6.45) is 9.49. The monoisotopic (exact) mass is 340 g/mol. The number of rotatable bonds is 12. The quantitative estimate of drug-likeness (QED) is 0.339. The minimum Gasteiger partial charge on any atom is -0.493 e. The van der Waals surface area contributed by atoms with E-state index in [1.807, 2.05) is 6.07 Å². The lowest BCUT2D eigenvalue weighted by atomic mass is 10.1. The number of aliphatic carboxylic acids is 1. The van der Waals surface area contributed by atoms with E-state index in [1.54, 1.807) is 19.2 Å². The van der Waals surface area contributed by atoms with E-state index in [-0.39, 0.29) is 0 Å². The Bertz CT molecular complexity index is 500. The Morgan fingerprint density at radius 2 is 1.83 bits per heavy atom. The van der Waals surface area contributed by atoms with Gasteiger partial charge in [0.15, 0.2) is 11.5 Å². The van der Waals surface area contributed by atoms with Gasteiger partial charge in [-0.2, -0.15) is 0 Å². The molecule has 0 heterocycles. The summed E-state index contributed by atoms with van der Waals surface area (Å²) in [7, 11) is 1.57. The number of hydrogen-bond donors (Lipinski definition) is 1. The van der Waals surface area contributed by atoms with E-state index < -0.39 is 5.97 Å². The molecular formula is C18H25ClO4. The molecule has 0 bridgehead atoms. The van der Waals surface area contributed by atoms with Crippen LogP contribution in [0.5, 0.6) is 11.5 Å². The molecule has 4 nitrogen and oxygen atoms in total. The van der Waals surface area contributed by atoms with Crippen LogP contribution >= 0.6 is 11.6 Å². The molecule has 0 aliphatic heterocycles. The molecule has 0 amide bonds. The lowest BCUT2D eigenvalue weighted by molar-refractivity contribution is -0.131. The van der Waals surface area contributed by atoms with Crippen molar-refractivity contribution in [1.29, 1.82) is 0 Å². The third kappa shape index (κ3) is 8.50. The average molecular weight is 341 g/mol. The van der Waals surface area contributed by atoms with Crippen LogP contribution in [-0.2, 0) is 4.79 Å². The van der Waals surface area contributed by atoms with Crippen molar-refractivity contribution in [3.8, 4) is 11.5 Å². The van der Waals surface area contributed by atoms with Crippen molar-refractivity contribution >= 4 is 23.6 Å². The summed E-state index contributed by atoms with van der Waals surface area (Å²) in [5.74, 6) is 1.07. The first kappa shape index (κ1) is 19.4. The molecule has 0 spiro atoms. The Hall–Kier alpha value is -1.68. The highest BCUT2D eigenvalue weighted by Gasteiger charge is 2.05. The molecule has 128 valence electrons. The predicted molar refractivity (Wildman–Crippen MR) is 93.6 cm³/mol. The second-order valence-electron chi connectivity index (χ2n) is 5.24. The molecular weight excluding hydrogens is 316 g/mol. The Labute approximate surface area is 143 Å². The van der Waals surface area contributed by atoms with Crippen molar-refractivity contribution < 1.29 is 19.4 Å². The van der Waals surface area contributed by atoms with Gasteiger partial charge in [-0.1, -0.05) is 31.7 Å². The van der Waals surface area contributed by atoms with Crippen LogP contribution in [0, 0.1) is 0 Å². The first-order chi connectivity index (χ1) is 11.2. The SMILES string of the molecule is COc1cc(/C=C/C(=O)O)ccc1OCCCCCCCCCl. The zero-order valence-corrected chi connectivity index (χ0v) is 14.3. The minimum atomic E-state index is -0.977. The molecule has 0 aliphatic carbocycles. The van der Waals surface area contributed by atoms with Crippen molar-refractivity contribution in [2.24, 2.45) is 0 Å². The third-order valence-corrected chi connectivity index (χ3v) is 3.66. The topological polar surface area (TPSA) is 55.8 Å². The van der Waals surface area contributed by atoms with Gasteiger partial charge in [-0.3, -0.25) is 0 Å². The molecule has 0 saturated heterocycles. The van der Waals surface area contributed by atoms with Gasteiger partial charge in [0.1, 0.15) is 0 Å². The van der Waals surface area contributed by atoms with Gasteiger partial charge >= 0.3 is 5.97 Å². The average Bonchev–Trinajstić information content (AvgIpc) is 2.55. The summed E-state index contributed by atoms with van der Waals surface area (Å²) in [5.41, 5.74) is 0.760. The van der Waals surface area contributed by atoms with Gasteiger partial charge in [0.25, 0.3) is 0 Å². The second-order valence-corrected chi connectivity index (χ2v) is 5.62. The number of carboxylic acids is 1. The fourth-order valence-corrected chi connectivity index (χ4v) is 2.35. The highest BCUT2D eigenvalue weighted by molar-refractivity contribution is 6.17. The molecule has 5 heteroatoms. The number of hydrogen-bond acceptors (Lipinski definition) is 3. The van der Waals surface area contributed by atoms with E-state index in [4.69, 9.17) is 26.2 Å². The molecule has 0 aliphatic rings. The molecule has 0 aromatic heterocycles. The van der Waals surface area contributed by atoms with Crippen LogP contribution < -0.4 is 9.47 Å². The smallest absolute Gasteiger partial charge is 0.328 e. The van der Waals surface area contributed by atoms with Crippen molar-refractivity contribution in [3.05, 3.63) is 29.8 Å². The van der Waals surface area contributed by atoms with Gasteiger partial charge in [-0.15, -0.1) is 11.6 Å². The van der Waals surface area contributed by atoms with Crippen LogP contribution in [0.2, 0.25) is 0 Å². The van der Waals surface area contributed by atoms with E-state index in [2.05, 4.69) is 0 Å². The first-order valence-electron chi connectivity index (χ1n) is 7.95. The summed E-state index contributed by atoms with van der Waals surface area (Å²) in [6, 6.07) is 5.38. The minimum absolute atomic E-state index is 0.611. The maximum atomic E-state index is 10.5. The van der Waals surface area contributed by atoms with Crippen molar-refractivity contribution in [2.75, 3.05) is 19.6 Å². The second kappa shape index (κ2) is 11.8. The number of halogens is 1. The fraction of sp³-hybridized carbons (Fsp3) is 0.500. The van der Waals surface area contributed by atoms with Crippen LogP contribution in [0.4, 0.5) is 0 Å². The lowest BCUT2D eigenvalue weighted by Crippen LogP contribution is -1.99. The van der Waals surface area contributed by atoms with Gasteiger partial charge in [-0.05, 0) is 36.6 Å². The van der Waals surface area contributed by atoms with Gasteiger partial charge in [0.05, 0.1) is 13.7 Å². The molecule has 1 N–H and O–H groups in total. The highest BCUT2D eigenvalue weighted by Crippen LogP contribution is 2.28. The summed E-state index contributed by atoms with van der Waals surface area (Å²) in [6.45, 7) is 0.649. The Kier molecular flexibility index (Phi) is 9.96. The van der Waals surface area contributed by atoms with Crippen molar-refractivity contribution in [2.45, 2.75) is 38.5 Å². The number of unbranched alkanes of at least 4 members (excludes halogenated alkanes) is 5. The first-order valence-corrected chi connectivity index (χ1v) is 8.48. The number of carboxylic acid groups (broad SMARTS) is 1. The van der Waals surface area contributed by atoms with Crippen LogP contribution in [0.25, 0.3) is 6.08 Å². The van der Waals surface area contributed by atoms with Crippen LogP contribution in [0.15, 0.2) is 24.3 Å². The molecule has 0 saturated carbocycles. The number of ether oxygens (including phenoxy) is 2. The number of carbonyl (C=O) groups is 1. The zero-order chi connectivity index (χ0) is 16.9. The number of methoxy groups -OCH3 is 1. The normalized spacial score (nSPS) is 10.9. The summed E-state index contributed by atoms with van der Waals surface area (Å²) in [4.78, 5) is 10.5. The molecule has 23 heavy (non-hydrogen) atoms. The van der Waals surface area contributed by atoms with E-state index >= 15 is 0 Å². The van der Waals surface area contributed by atoms with Crippen molar-refractivity contribution in [3.63, 3.8) is 0 Å². The molecule has 1 aromatic rings. The zero-order valence-electron chi connectivity index (χ0n) is 13.6. The van der Waals surface area contributed by atoms with Gasteiger partial charge in [0, 0.05) is 12.0 Å². The summed E-state index contributed by atoms with van der Waals surface area (Å²) in [5, 5.41) is 8.64. The van der Waals surface area contributed by atoms with Gasteiger partial charge in [-0.25, -0.2) is 4.79 Å². The Morgan fingerprint density at radius 1 is 1.13 bits per heavy atom. The van der Waals surface area contributed by atoms with Gasteiger partial charge in [0.2, 0.25) is 0 Å². The molecule has 0 unspecified atom stereocenters. The number of alkyl halides is 1. The summed E-state index contributed by atoms with van der Waals surface area (Å²) < 4.78 is 11.0. The standard InChI is InChI=1S/C18H25ClO4/c1-22-17-14-15(9-11-18(20)21)8-10-16(17)23-13-7-5-3-2-4-6-12-19/h8-11,14H,2-7,12-13H2,1H3,(H,20,21)/b11-9+. The molecule has 1 aromatic carbocycles. The largest absolute Gasteiger partial charge is 0.493 e. The molecule has 0 atom stereocenters. The molecule has 0 radical (unpaired) electrons. The van der Waals surface area contributed by atoms with E-state index in [9.17, 15) is 4.79 Å². The van der Waals surface area contributed by atoms with Crippen LogP contribution in [0.3, 0.4) is 0 Å². The third-order valence-electron chi connectivity index (χ3n) is 3.39. The Balaban J connectivity index is 2.37. The lowest BCUT2D eigenvalue weighted by Gasteiger charge is -2.11. The van der Waals surface area contributed by atoms with Crippen molar-refractivity contribution in [1.82, 2.24) is 0 Å². The Morgan fingerprint density at radius 3 is 2.48 bits per heavy atom. The maximum Gasteiger partial charge on any atom is 0.328 e. The van der Waals surface area contributed by atoms with E-state index in [0.29, 0.717) is 18.1 Å². The van der Waals surface area contributed by atoms with Crippen LogP contribution in [0.1, 0.15) is 44.1 Å². The van der Waals surface area contributed by atoms with E-state index in [0.717, 1.165) is 36.8 Å². The number of benzene rings is 1. The van der Waals surface area contributed by atoms with Gasteiger partial charge < -0.3 is 14.6 Å². The predicted octanol–water partition coefficient (Wildman–Crippen LogP) is 4.75. The summed E-state index contributed by atoms with van der Waals surface area (Å²) >= 11 is 5.64. The molecule has 1 rings (SSSR count). The molecule has 0 fully saturated rings. The maximum absolute atomic E-state index is 10.5. The fourth-order valence-electron chi connectivity index (χ4n) is 2.16.